The van der Waals surface area contributed by atoms with Gasteiger partial charge in [-0.2, -0.15) is 0 Å². The van der Waals surface area contributed by atoms with E-state index in [9.17, 15) is 4.79 Å². The number of ketones is 1. The molecule has 3 heterocycles. The molecule has 0 saturated heterocycles. The fourth-order valence-electron chi connectivity index (χ4n) is 3.79. The molecule has 0 amide bonds. The van der Waals surface area contributed by atoms with Gasteiger partial charge in [0, 0.05) is 44.2 Å². The second-order valence-electron chi connectivity index (χ2n) is 7.65. The molecule has 1 saturated carbocycles. The first-order valence-corrected chi connectivity index (χ1v) is 10.1. The van der Waals surface area contributed by atoms with Crippen molar-refractivity contribution < 1.29 is 4.79 Å². The molecule has 6 heteroatoms. The van der Waals surface area contributed by atoms with Crippen LogP contribution < -0.4 is 10.2 Å². The Morgan fingerprint density at radius 2 is 1.72 bits per heavy atom. The summed E-state index contributed by atoms with van der Waals surface area (Å²) in [7, 11) is 0. The SMILES string of the molecule is O=C1CC1CNc1cc(N2CCc3ccccc3CC2)nc(-c2ccccn2)n1. The number of aromatic nitrogens is 3. The zero-order chi connectivity index (χ0) is 19.6. The van der Waals surface area contributed by atoms with Gasteiger partial charge in [-0.3, -0.25) is 9.78 Å². The molecule has 0 radical (unpaired) electrons. The number of benzene rings is 1. The van der Waals surface area contributed by atoms with E-state index >= 15 is 0 Å². The molecule has 2 aromatic heterocycles. The third kappa shape index (κ3) is 3.97. The normalized spacial score (nSPS) is 18.1. The minimum absolute atomic E-state index is 0.124. The van der Waals surface area contributed by atoms with Crippen molar-refractivity contribution in [1.29, 1.82) is 0 Å². The van der Waals surface area contributed by atoms with Gasteiger partial charge in [0.1, 0.15) is 23.1 Å². The van der Waals surface area contributed by atoms with Gasteiger partial charge in [0.25, 0.3) is 0 Å². The molecule has 1 unspecified atom stereocenters. The number of Topliss-reactive ketones (excluding diaryl/α,β-unsaturated/α-hetero) is 1. The number of nitrogens with zero attached hydrogens (tertiary/aromatic N) is 4. The van der Waals surface area contributed by atoms with Crippen LogP contribution in [0.15, 0.2) is 54.7 Å². The molecular weight excluding hydrogens is 362 g/mol. The third-order valence-electron chi connectivity index (χ3n) is 5.62. The van der Waals surface area contributed by atoms with Crippen LogP contribution in [0.2, 0.25) is 0 Å². The minimum Gasteiger partial charge on any atom is -0.369 e. The summed E-state index contributed by atoms with van der Waals surface area (Å²) in [4.78, 5) is 27.6. The predicted octanol–water partition coefficient (Wildman–Crippen LogP) is 3.14. The third-order valence-corrected chi connectivity index (χ3v) is 5.62. The number of nitrogens with one attached hydrogen (secondary N) is 1. The maximum atomic E-state index is 11.4. The summed E-state index contributed by atoms with van der Waals surface area (Å²) in [5, 5.41) is 3.33. The summed E-state index contributed by atoms with van der Waals surface area (Å²) in [5.41, 5.74) is 3.58. The number of rotatable bonds is 5. The van der Waals surface area contributed by atoms with E-state index in [1.807, 2.05) is 24.3 Å². The Morgan fingerprint density at radius 1 is 1.00 bits per heavy atom. The largest absolute Gasteiger partial charge is 0.369 e. The lowest BCUT2D eigenvalue weighted by molar-refractivity contribution is -0.110. The van der Waals surface area contributed by atoms with Gasteiger partial charge in [-0.1, -0.05) is 30.3 Å². The maximum absolute atomic E-state index is 11.4. The van der Waals surface area contributed by atoms with Crippen molar-refractivity contribution in [2.75, 3.05) is 29.9 Å². The molecule has 1 aromatic carbocycles. The average molecular weight is 385 g/mol. The highest BCUT2D eigenvalue weighted by Gasteiger charge is 2.34. The summed E-state index contributed by atoms with van der Waals surface area (Å²) in [6.07, 6.45) is 4.42. The van der Waals surface area contributed by atoms with E-state index in [0.29, 0.717) is 24.6 Å². The molecule has 5 rings (SSSR count). The topological polar surface area (TPSA) is 71.0 Å². The number of carbonyl (C=O) groups is 1. The van der Waals surface area contributed by atoms with Crippen molar-refractivity contribution in [3.63, 3.8) is 0 Å². The molecule has 29 heavy (non-hydrogen) atoms. The second kappa shape index (κ2) is 7.62. The standard InChI is InChI=1S/C23H23N5O/c29-20-13-18(20)15-25-21-14-22(27-23(26-21)19-7-3-4-10-24-19)28-11-8-16-5-1-2-6-17(16)9-12-28/h1-7,10,14,18H,8-9,11-13,15H2,(H,25,26,27). The number of pyridine rings is 1. The van der Waals surface area contributed by atoms with E-state index in [4.69, 9.17) is 4.98 Å². The van der Waals surface area contributed by atoms with Crippen LogP contribution in [0.1, 0.15) is 17.5 Å². The predicted molar refractivity (Wildman–Crippen MR) is 113 cm³/mol. The summed E-state index contributed by atoms with van der Waals surface area (Å²) >= 11 is 0. The fourth-order valence-corrected chi connectivity index (χ4v) is 3.79. The fraction of sp³-hybridized carbons (Fsp3) is 0.304. The van der Waals surface area contributed by atoms with Gasteiger partial charge in [-0.15, -0.1) is 0 Å². The molecule has 1 atom stereocenters. The van der Waals surface area contributed by atoms with Crippen molar-refractivity contribution in [3.05, 3.63) is 65.9 Å². The molecule has 1 fully saturated rings. The van der Waals surface area contributed by atoms with E-state index < -0.39 is 0 Å². The van der Waals surface area contributed by atoms with E-state index in [-0.39, 0.29) is 5.92 Å². The van der Waals surface area contributed by atoms with Crippen molar-refractivity contribution >= 4 is 17.4 Å². The molecule has 3 aromatic rings. The van der Waals surface area contributed by atoms with Crippen molar-refractivity contribution in [2.45, 2.75) is 19.3 Å². The zero-order valence-corrected chi connectivity index (χ0v) is 16.2. The molecular formula is C23H23N5O. The van der Waals surface area contributed by atoms with Crippen LogP contribution in [0.5, 0.6) is 0 Å². The quantitative estimate of drug-likeness (QED) is 0.728. The first-order chi connectivity index (χ1) is 14.3. The highest BCUT2D eigenvalue weighted by atomic mass is 16.1. The Balaban J connectivity index is 1.44. The van der Waals surface area contributed by atoms with Crippen molar-refractivity contribution in [3.8, 4) is 11.5 Å². The first kappa shape index (κ1) is 17.8. The molecule has 6 nitrogen and oxygen atoms in total. The number of hydrogen-bond donors (Lipinski definition) is 1. The Morgan fingerprint density at radius 3 is 2.38 bits per heavy atom. The van der Waals surface area contributed by atoms with Crippen LogP contribution in [0.3, 0.4) is 0 Å². The summed E-state index contributed by atoms with van der Waals surface area (Å²) < 4.78 is 0. The summed E-state index contributed by atoms with van der Waals surface area (Å²) in [6.45, 7) is 2.45. The maximum Gasteiger partial charge on any atom is 0.182 e. The number of anilines is 2. The molecule has 2 aliphatic rings. The Kier molecular flexibility index (Phi) is 4.68. The van der Waals surface area contributed by atoms with Gasteiger partial charge in [0.05, 0.1) is 0 Å². The number of carbonyl (C=O) groups excluding carboxylic acids is 1. The van der Waals surface area contributed by atoms with Crippen LogP contribution in [-0.4, -0.2) is 40.4 Å². The number of fused-ring (bicyclic) bond motifs is 1. The lowest BCUT2D eigenvalue weighted by atomic mass is 10.0. The van der Waals surface area contributed by atoms with Crippen molar-refractivity contribution in [1.82, 2.24) is 15.0 Å². The molecule has 0 spiro atoms. The van der Waals surface area contributed by atoms with Gasteiger partial charge >= 0.3 is 0 Å². The lowest BCUT2D eigenvalue weighted by Gasteiger charge is -2.22. The zero-order valence-electron chi connectivity index (χ0n) is 16.2. The van der Waals surface area contributed by atoms with E-state index in [0.717, 1.165) is 43.3 Å². The molecule has 146 valence electrons. The highest BCUT2D eigenvalue weighted by Crippen LogP contribution is 2.27. The van der Waals surface area contributed by atoms with Crippen LogP contribution in [-0.2, 0) is 17.6 Å². The van der Waals surface area contributed by atoms with Gasteiger partial charge in [-0.25, -0.2) is 9.97 Å². The summed E-state index contributed by atoms with van der Waals surface area (Å²) in [5.74, 6) is 2.70. The Hall–Kier alpha value is -3.28. The Bertz CT molecular complexity index is 1010. The van der Waals surface area contributed by atoms with Crippen LogP contribution in [0, 0.1) is 5.92 Å². The monoisotopic (exact) mass is 385 g/mol. The van der Waals surface area contributed by atoms with Gasteiger partial charge in [-0.05, 0) is 36.1 Å². The van der Waals surface area contributed by atoms with Crippen molar-refractivity contribution in [2.24, 2.45) is 5.92 Å². The average Bonchev–Trinajstić information content (AvgIpc) is 3.52. The van der Waals surface area contributed by atoms with E-state index in [1.54, 1.807) is 6.20 Å². The highest BCUT2D eigenvalue weighted by molar-refractivity contribution is 5.96. The molecule has 0 bridgehead atoms. The lowest BCUT2D eigenvalue weighted by Crippen LogP contribution is -2.27. The van der Waals surface area contributed by atoms with Crippen LogP contribution in [0.25, 0.3) is 11.5 Å². The minimum atomic E-state index is 0.124. The molecule has 1 aliphatic carbocycles. The number of hydrogen-bond acceptors (Lipinski definition) is 6. The van der Waals surface area contributed by atoms with Gasteiger partial charge in [0.2, 0.25) is 0 Å². The smallest absolute Gasteiger partial charge is 0.182 e. The first-order valence-electron chi connectivity index (χ1n) is 10.1. The van der Waals surface area contributed by atoms with Crippen LogP contribution in [0.4, 0.5) is 11.6 Å². The molecule has 1 N–H and O–H groups in total. The van der Waals surface area contributed by atoms with Gasteiger partial charge in [0.15, 0.2) is 5.82 Å². The second-order valence-corrected chi connectivity index (χ2v) is 7.65. The van der Waals surface area contributed by atoms with Crippen LogP contribution >= 0.6 is 0 Å². The Labute approximate surface area is 170 Å². The van der Waals surface area contributed by atoms with E-state index in [1.165, 1.54) is 11.1 Å². The van der Waals surface area contributed by atoms with Gasteiger partial charge < -0.3 is 10.2 Å². The van der Waals surface area contributed by atoms with E-state index in [2.05, 4.69) is 44.5 Å². The summed E-state index contributed by atoms with van der Waals surface area (Å²) in [6, 6.07) is 16.4. The molecule has 1 aliphatic heterocycles.